The number of benzene rings is 2. The van der Waals surface area contributed by atoms with E-state index in [0.717, 1.165) is 0 Å². The lowest BCUT2D eigenvalue weighted by Gasteiger charge is -2.10. The summed E-state index contributed by atoms with van der Waals surface area (Å²) in [5.74, 6) is -0.172. The minimum absolute atomic E-state index is 0.154. The van der Waals surface area contributed by atoms with Gasteiger partial charge in [-0.2, -0.15) is 0 Å². The minimum Gasteiger partial charge on any atom is -0.326 e. The second-order valence-electron chi connectivity index (χ2n) is 5.93. The molecule has 136 valence electrons. The molecule has 2 aromatic carbocycles. The Labute approximate surface area is 156 Å². The summed E-state index contributed by atoms with van der Waals surface area (Å²) < 4.78 is 0. The molecule has 0 unspecified atom stereocenters. The molecule has 3 aromatic rings. The average molecular weight is 361 g/mol. The number of nitrogens with one attached hydrogen (secondary N) is 3. The third-order valence-corrected chi connectivity index (χ3v) is 3.56. The maximum absolute atomic E-state index is 12.5. The predicted molar refractivity (Wildman–Crippen MR) is 105 cm³/mol. The minimum atomic E-state index is -0.318. The van der Waals surface area contributed by atoms with Gasteiger partial charge in [0, 0.05) is 29.7 Å². The van der Waals surface area contributed by atoms with Crippen LogP contribution in [0.15, 0.2) is 60.7 Å². The second kappa shape index (κ2) is 8.09. The van der Waals surface area contributed by atoms with Crippen molar-refractivity contribution in [2.24, 2.45) is 0 Å². The summed E-state index contributed by atoms with van der Waals surface area (Å²) in [6.07, 6.45) is 0. The Kier molecular flexibility index (Phi) is 5.41. The number of anilines is 4. The number of nitrogens with zero attached hydrogens (tertiary/aromatic N) is 2. The van der Waals surface area contributed by atoms with Crippen LogP contribution in [0.3, 0.4) is 0 Å². The van der Waals surface area contributed by atoms with Crippen molar-refractivity contribution in [3.05, 3.63) is 72.1 Å². The standard InChI is InChI=1S/C20H19N5O2/c1-13-11-18(19(27)23-15-7-4-3-5-8-15)25-20(21-13)24-17-10-6-9-16(12-17)22-14(2)26/h3-12H,1-2H3,(H,22,26)(H,23,27)(H,21,24,25). The van der Waals surface area contributed by atoms with E-state index in [1.54, 1.807) is 43.3 Å². The Balaban J connectivity index is 1.79. The van der Waals surface area contributed by atoms with Crippen LogP contribution in [0.5, 0.6) is 0 Å². The molecule has 0 radical (unpaired) electrons. The number of carbonyl (C=O) groups is 2. The summed E-state index contributed by atoms with van der Waals surface area (Å²) in [6.45, 7) is 3.24. The summed E-state index contributed by atoms with van der Waals surface area (Å²) >= 11 is 0. The lowest BCUT2D eigenvalue weighted by molar-refractivity contribution is -0.114. The smallest absolute Gasteiger partial charge is 0.274 e. The van der Waals surface area contributed by atoms with Gasteiger partial charge in [-0.05, 0) is 43.3 Å². The zero-order chi connectivity index (χ0) is 19.2. The largest absolute Gasteiger partial charge is 0.326 e. The molecule has 0 atom stereocenters. The number of carbonyl (C=O) groups excluding carboxylic acids is 2. The summed E-state index contributed by atoms with van der Waals surface area (Å²) in [5.41, 5.74) is 2.95. The van der Waals surface area contributed by atoms with E-state index in [4.69, 9.17) is 0 Å². The lowest BCUT2D eigenvalue weighted by atomic mass is 10.2. The van der Waals surface area contributed by atoms with Gasteiger partial charge in [-0.15, -0.1) is 0 Å². The normalized spacial score (nSPS) is 10.1. The number of hydrogen-bond donors (Lipinski definition) is 3. The number of aryl methyl sites for hydroxylation is 1. The maximum Gasteiger partial charge on any atom is 0.274 e. The van der Waals surface area contributed by atoms with Gasteiger partial charge in [0.25, 0.3) is 5.91 Å². The number of rotatable bonds is 5. The number of para-hydroxylation sites is 1. The third kappa shape index (κ3) is 5.12. The highest BCUT2D eigenvalue weighted by Crippen LogP contribution is 2.19. The first-order valence-corrected chi connectivity index (χ1v) is 8.36. The lowest BCUT2D eigenvalue weighted by Crippen LogP contribution is -2.15. The molecule has 7 nitrogen and oxygen atoms in total. The molecule has 0 bridgehead atoms. The molecule has 0 saturated carbocycles. The summed E-state index contributed by atoms with van der Waals surface area (Å²) in [5, 5.41) is 8.58. The quantitative estimate of drug-likeness (QED) is 0.643. The number of aromatic nitrogens is 2. The van der Waals surface area contributed by atoms with E-state index in [9.17, 15) is 9.59 Å². The van der Waals surface area contributed by atoms with Crippen LogP contribution in [-0.4, -0.2) is 21.8 Å². The summed E-state index contributed by atoms with van der Waals surface area (Å²) in [6, 6.07) is 18.0. The molecule has 0 fully saturated rings. The molecule has 7 heteroatoms. The molecule has 2 amide bonds. The summed E-state index contributed by atoms with van der Waals surface area (Å²) in [7, 11) is 0. The molecule has 27 heavy (non-hydrogen) atoms. The van der Waals surface area contributed by atoms with Crippen molar-refractivity contribution in [3.63, 3.8) is 0 Å². The van der Waals surface area contributed by atoms with Crippen LogP contribution in [0.25, 0.3) is 0 Å². The molecule has 1 heterocycles. The molecule has 0 aliphatic carbocycles. The van der Waals surface area contributed by atoms with Gasteiger partial charge < -0.3 is 16.0 Å². The van der Waals surface area contributed by atoms with E-state index in [-0.39, 0.29) is 17.5 Å². The van der Waals surface area contributed by atoms with Gasteiger partial charge in [0.05, 0.1) is 0 Å². The first-order valence-electron chi connectivity index (χ1n) is 8.36. The van der Waals surface area contributed by atoms with E-state index in [1.807, 2.05) is 24.3 Å². The second-order valence-corrected chi connectivity index (χ2v) is 5.93. The van der Waals surface area contributed by atoms with E-state index in [2.05, 4.69) is 25.9 Å². The van der Waals surface area contributed by atoms with Crippen molar-refractivity contribution < 1.29 is 9.59 Å². The van der Waals surface area contributed by atoms with Crippen molar-refractivity contribution >= 4 is 34.8 Å². The fourth-order valence-electron chi connectivity index (χ4n) is 2.46. The van der Waals surface area contributed by atoms with Gasteiger partial charge in [-0.25, -0.2) is 9.97 Å². The van der Waals surface area contributed by atoms with Gasteiger partial charge in [0.2, 0.25) is 11.9 Å². The van der Waals surface area contributed by atoms with Crippen molar-refractivity contribution in [2.75, 3.05) is 16.0 Å². The van der Waals surface area contributed by atoms with Gasteiger partial charge in [-0.3, -0.25) is 9.59 Å². The van der Waals surface area contributed by atoms with Crippen LogP contribution in [0.2, 0.25) is 0 Å². The molecule has 1 aromatic heterocycles. The monoisotopic (exact) mass is 361 g/mol. The van der Waals surface area contributed by atoms with E-state index >= 15 is 0 Å². The average Bonchev–Trinajstić information content (AvgIpc) is 2.62. The maximum atomic E-state index is 12.5. The molecule has 0 spiro atoms. The van der Waals surface area contributed by atoms with Gasteiger partial charge in [0.1, 0.15) is 5.69 Å². The third-order valence-electron chi connectivity index (χ3n) is 3.56. The van der Waals surface area contributed by atoms with Crippen LogP contribution in [0.4, 0.5) is 23.0 Å². The van der Waals surface area contributed by atoms with Crippen LogP contribution >= 0.6 is 0 Å². The zero-order valence-corrected chi connectivity index (χ0v) is 15.0. The fraction of sp³-hybridized carbons (Fsp3) is 0.100. The van der Waals surface area contributed by atoms with Gasteiger partial charge >= 0.3 is 0 Å². The van der Waals surface area contributed by atoms with Gasteiger partial charge in [-0.1, -0.05) is 24.3 Å². The Morgan fingerprint density at radius 2 is 1.52 bits per heavy atom. The molecular weight excluding hydrogens is 342 g/mol. The van der Waals surface area contributed by atoms with E-state index < -0.39 is 0 Å². The topological polar surface area (TPSA) is 96.0 Å². The van der Waals surface area contributed by atoms with E-state index in [1.165, 1.54) is 6.92 Å². The molecular formula is C20H19N5O2. The highest BCUT2D eigenvalue weighted by Gasteiger charge is 2.11. The Bertz CT molecular complexity index is 973. The van der Waals surface area contributed by atoms with Crippen molar-refractivity contribution in [1.29, 1.82) is 0 Å². The van der Waals surface area contributed by atoms with Crippen molar-refractivity contribution in [3.8, 4) is 0 Å². The molecule has 0 aliphatic rings. The number of amides is 2. The zero-order valence-electron chi connectivity index (χ0n) is 15.0. The molecule has 3 rings (SSSR count). The van der Waals surface area contributed by atoms with E-state index in [0.29, 0.717) is 28.7 Å². The number of hydrogen-bond acceptors (Lipinski definition) is 5. The fourth-order valence-corrected chi connectivity index (χ4v) is 2.46. The molecule has 0 saturated heterocycles. The highest BCUT2D eigenvalue weighted by atomic mass is 16.2. The van der Waals surface area contributed by atoms with Crippen LogP contribution < -0.4 is 16.0 Å². The summed E-state index contributed by atoms with van der Waals surface area (Å²) in [4.78, 5) is 32.3. The van der Waals surface area contributed by atoms with Crippen molar-refractivity contribution in [1.82, 2.24) is 9.97 Å². The SMILES string of the molecule is CC(=O)Nc1cccc(Nc2nc(C)cc(C(=O)Nc3ccccc3)n2)c1. The molecule has 0 aliphatic heterocycles. The Hall–Kier alpha value is -3.74. The van der Waals surface area contributed by atoms with Gasteiger partial charge in [0.15, 0.2) is 0 Å². The van der Waals surface area contributed by atoms with Crippen LogP contribution in [-0.2, 0) is 4.79 Å². The highest BCUT2D eigenvalue weighted by molar-refractivity contribution is 6.03. The first-order chi connectivity index (χ1) is 13.0. The van der Waals surface area contributed by atoms with Crippen LogP contribution in [0.1, 0.15) is 23.1 Å². The predicted octanol–water partition coefficient (Wildman–Crippen LogP) is 3.74. The Morgan fingerprint density at radius 3 is 2.26 bits per heavy atom. The molecule has 3 N–H and O–H groups in total. The first kappa shape index (κ1) is 18.1. The van der Waals surface area contributed by atoms with Crippen molar-refractivity contribution in [2.45, 2.75) is 13.8 Å². The Morgan fingerprint density at radius 1 is 0.815 bits per heavy atom. The van der Waals surface area contributed by atoms with Crippen LogP contribution in [0, 0.1) is 6.92 Å².